The number of rotatable bonds is 9. The van der Waals surface area contributed by atoms with Crippen LogP contribution in [0.1, 0.15) is 124 Å². The number of sulfone groups is 1. The molecular weight excluding hydrogens is 697 g/mol. The summed E-state index contributed by atoms with van der Waals surface area (Å²) in [5.41, 5.74) is 7.11. The van der Waals surface area contributed by atoms with Crippen LogP contribution in [0.3, 0.4) is 0 Å². The number of nitrogens with one attached hydrogen (secondary N) is 1. The molecule has 0 radical (unpaired) electrons. The standard InChI is InChI=1S/C49H74N2O3S/c1-35(2)38-17-24-49(50-27-28-51-29-31-55(53,54)32-30-51)26-25-46(6)40(43(38)49)13-14-42-45(5)20-18-39(44(3,4)41(45)19-21-47(42,46)7)37-15-22-48(34-52,23-16-37)33-36-11-9-8-10-12-36/h8-12,15,18,38,40-43,50,52H,1,13-14,16-17,19-34H2,2-7H3/t38-,40+,41-,42+,43+,45-,46+,47+,48?,49-/m0/s1. The average Bonchev–Trinajstić information content (AvgIpc) is 3.53. The van der Waals surface area contributed by atoms with Crippen molar-refractivity contribution < 1.29 is 13.5 Å². The molecule has 1 saturated heterocycles. The molecule has 1 aromatic rings. The van der Waals surface area contributed by atoms with Gasteiger partial charge in [-0.05, 0) is 158 Å². The zero-order valence-corrected chi connectivity index (χ0v) is 36.2. The fourth-order valence-corrected chi connectivity index (χ4v) is 16.9. The van der Waals surface area contributed by atoms with E-state index in [0.717, 1.165) is 44.7 Å². The summed E-state index contributed by atoms with van der Waals surface area (Å²) in [6, 6.07) is 10.8. The molecule has 0 bridgehead atoms. The number of hydrogen-bond donors (Lipinski definition) is 2. The van der Waals surface area contributed by atoms with Crippen LogP contribution in [0.15, 0.2) is 65.8 Å². The number of allylic oxidation sites excluding steroid dienone is 5. The lowest BCUT2D eigenvalue weighted by atomic mass is 9.33. The molecule has 7 aliphatic rings. The van der Waals surface area contributed by atoms with Crippen LogP contribution in [-0.2, 0) is 16.3 Å². The molecule has 8 rings (SSSR count). The second-order valence-corrected chi connectivity index (χ2v) is 23.9. The van der Waals surface area contributed by atoms with Crippen molar-refractivity contribution in [3.05, 3.63) is 71.3 Å². The van der Waals surface area contributed by atoms with Crippen molar-refractivity contribution in [3.63, 3.8) is 0 Å². The second-order valence-electron chi connectivity index (χ2n) is 21.6. The van der Waals surface area contributed by atoms with E-state index < -0.39 is 9.84 Å². The molecule has 0 spiro atoms. The van der Waals surface area contributed by atoms with Gasteiger partial charge in [0.15, 0.2) is 9.84 Å². The lowest BCUT2D eigenvalue weighted by molar-refractivity contribution is -0.221. The highest BCUT2D eigenvalue weighted by Crippen LogP contribution is 2.76. The van der Waals surface area contributed by atoms with Crippen molar-refractivity contribution in [1.82, 2.24) is 10.2 Å². The molecule has 1 unspecified atom stereocenters. The van der Waals surface area contributed by atoms with Gasteiger partial charge in [-0.3, -0.25) is 0 Å². The molecule has 6 heteroatoms. The third-order valence-corrected chi connectivity index (χ3v) is 20.4. The summed E-state index contributed by atoms with van der Waals surface area (Å²) >= 11 is 0. The summed E-state index contributed by atoms with van der Waals surface area (Å²) in [5, 5.41) is 14.9. The first-order chi connectivity index (χ1) is 26.0. The Balaban J connectivity index is 1.02. The third kappa shape index (κ3) is 6.53. The van der Waals surface area contributed by atoms with Crippen LogP contribution in [0.2, 0.25) is 0 Å². The van der Waals surface area contributed by atoms with Gasteiger partial charge in [0.1, 0.15) is 0 Å². The van der Waals surface area contributed by atoms with Crippen molar-refractivity contribution >= 4 is 9.84 Å². The Morgan fingerprint density at radius 2 is 1.62 bits per heavy atom. The minimum atomic E-state index is -2.86. The Labute approximate surface area is 335 Å². The van der Waals surface area contributed by atoms with E-state index in [1.54, 1.807) is 11.1 Å². The molecule has 5 fully saturated rings. The van der Waals surface area contributed by atoms with Crippen LogP contribution >= 0.6 is 0 Å². The van der Waals surface area contributed by atoms with Crippen LogP contribution < -0.4 is 5.32 Å². The van der Waals surface area contributed by atoms with Crippen LogP contribution in [0, 0.1) is 56.7 Å². The fourth-order valence-electron chi connectivity index (χ4n) is 15.6. The quantitative estimate of drug-likeness (QED) is 0.245. The number of aliphatic hydroxyl groups is 1. The highest BCUT2D eigenvalue weighted by Gasteiger charge is 2.70. The van der Waals surface area contributed by atoms with Crippen LogP contribution in [0.5, 0.6) is 0 Å². The van der Waals surface area contributed by atoms with Gasteiger partial charge in [-0.2, -0.15) is 0 Å². The predicted molar refractivity (Wildman–Crippen MR) is 227 cm³/mol. The van der Waals surface area contributed by atoms with Crippen molar-refractivity contribution in [2.24, 2.45) is 56.7 Å². The molecule has 1 aliphatic heterocycles. The summed E-state index contributed by atoms with van der Waals surface area (Å²) in [6.45, 7) is 23.9. The molecular formula is C49H74N2O3S. The Morgan fingerprint density at radius 3 is 2.29 bits per heavy atom. The zero-order chi connectivity index (χ0) is 39.1. The van der Waals surface area contributed by atoms with Gasteiger partial charge in [-0.25, -0.2) is 8.42 Å². The first-order valence-corrected chi connectivity index (χ1v) is 24.2. The van der Waals surface area contributed by atoms with E-state index in [4.69, 9.17) is 0 Å². The second kappa shape index (κ2) is 14.2. The van der Waals surface area contributed by atoms with Gasteiger partial charge in [0, 0.05) is 43.7 Å². The zero-order valence-electron chi connectivity index (χ0n) is 35.4. The minimum Gasteiger partial charge on any atom is -0.396 e. The molecule has 0 amide bonds. The Bertz CT molecular complexity index is 1790. The predicted octanol–water partition coefficient (Wildman–Crippen LogP) is 9.58. The summed E-state index contributed by atoms with van der Waals surface area (Å²) in [4.78, 5) is 2.37. The number of benzene rings is 1. The number of fused-ring (bicyclic) bond motifs is 7. The SMILES string of the molecule is C=C(C)[C@@H]1CC[C@]2(NCCN3CCS(=O)(=O)CC3)CC[C@]3(C)[C@H](CC[C@@H]4[C@@]5(C)CC=C(C6=CCC(CO)(Cc7ccccc7)CC6)C(C)(C)[C@@H]5CC[C@]43C)[C@@H]12. The molecule has 1 heterocycles. The minimum absolute atomic E-state index is 0.0479. The van der Waals surface area contributed by atoms with E-state index in [-0.39, 0.29) is 23.0 Å². The Hall–Kier alpha value is -1.73. The van der Waals surface area contributed by atoms with E-state index in [1.165, 1.54) is 68.9 Å². The highest BCUT2D eigenvalue weighted by molar-refractivity contribution is 7.91. The van der Waals surface area contributed by atoms with Gasteiger partial charge in [0.2, 0.25) is 0 Å². The normalized spacial score (nSPS) is 43.6. The molecule has 0 aromatic heterocycles. The lowest BCUT2D eigenvalue weighted by Gasteiger charge is -2.72. The molecule has 5 nitrogen and oxygen atoms in total. The fraction of sp³-hybridized carbons (Fsp3) is 0.755. The first-order valence-electron chi connectivity index (χ1n) is 22.4. The van der Waals surface area contributed by atoms with Crippen molar-refractivity contribution in [1.29, 1.82) is 0 Å². The largest absolute Gasteiger partial charge is 0.396 e. The first kappa shape index (κ1) is 40.1. The molecule has 4 saturated carbocycles. The van der Waals surface area contributed by atoms with E-state index in [1.807, 2.05) is 0 Å². The van der Waals surface area contributed by atoms with E-state index >= 15 is 0 Å². The maximum absolute atomic E-state index is 12.1. The van der Waals surface area contributed by atoms with E-state index in [2.05, 4.69) is 101 Å². The maximum Gasteiger partial charge on any atom is 0.152 e. The van der Waals surface area contributed by atoms with Crippen LogP contribution in [0.4, 0.5) is 0 Å². The van der Waals surface area contributed by atoms with Crippen LogP contribution in [0.25, 0.3) is 0 Å². The summed E-state index contributed by atoms with van der Waals surface area (Å²) in [7, 11) is -2.86. The topological polar surface area (TPSA) is 69.6 Å². The van der Waals surface area contributed by atoms with Gasteiger partial charge >= 0.3 is 0 Å². The summed E-state index contributed by atoms with van der Waals surface area (Å²) in [6.07, 6.45) is 20.9. The van der Waals surface area contributed by atoms with Crippen molar-refractivity contribution in [3.8, 4) is 0 Å². The maximum atomic E-state index is 12.1. The van der Waals surface area contributed by atoms with Crippen molar-refractivity contribution in [2.45, 2.75) is 131 Å². The summed E-state index contributed by atoms with van der Waals surface area (Å²) in [5.74, 6) is 3.95. The Kier molecular flexibility index (Phi) is 10.4. The monoisotopic (exact) mass is 771 g/mol. The lowest BCUT2D eigenvalue weighted by Crippen LogP contribution is -2.68. The van der Waals surface area contributed by atoms with Gasteiger partial charge in [-0.15, -0.1) is 0 Å². The molecule has 6 aliphatic carbocycles. The van der Waals surface area contributed by atoms with Gasteiger partial charge in [0.25, 0.3) is 0 Å². The molecule has 2 N–H and O–H groups in total. The van der Waals surface area contributed by atoms with Crippen molar-refractivity contribution in [2.75, 3.05) is 44.3 Å². The van der Waals surface area contributed by atoms with Gasteiger partial charge in [0.05, 0.1) is 11.5 Å². The molecule has 55 heavy (non-hydrogen) atoms. The third-order valence-electron chi connectivity index (χ3n) is 18.8. The number of aliphatic hydroxyl groups excluding tert-OH is 1. The molecule has 1 aromatic carbocycles. The number of nitrogens with zero attached hydrogens (tertiary/aromatic N) is 1. The Morgan fingerprint density at radius 1 is 0.873 bits per heavy atom. The molecule has 304 valence electrons. The highest BCUT2D eigenvalue weighted by atomic mass is 32.2. The van der Waals surface area contributed by atoms with E-state index in [0.29, 0.717) is 64.5 Å². The summed E-state index contributed by atoms with van der Waals surface area (Å²) < 4.78 is 24.2. The van der Waals surface area contributed by atoms with Gasteiger partial charge in [-0.1, -0.05) is 89.3 Å². The number of hydrogen-bond acceptors (Lipinski definition) is 5. The molecule has 10 atom stereocenters. The van der Waals surface area contributed by atoms with Gasteiger partial charge < -0.3 is 15.3 Å². The van der Waals surface area contributed by atoms with Crippen LogP contribution in [-0.4, -0.2) is 68.3 Å². The van der Waals surface area contributed by atoms with E-state index in [9.17, 15) is 13.5 Å². The average molecular weight is 771 g/mol. The smallest absolute Gasteiger partial charge is 0.152 e.